The smallest absolute Gasteiger partial charge is 0.338 e. The summed E-state index contributed by atoms with van der Waals surface area (Å²) in [7, 11) is 2.81. The molecule has 0 bridgehead atoms. The maximum atomic E-state index is 13.7. The zero-order valence-electron chi connectivity index (χ0n) is 19.4. The topological polar surface area (TPSA) is 79.1 Å². The molecule has 180 valence electrons. The number of benzene rings is 2. The van der Waals surface area contributed by atoms with Crippen LogP contribution in [0.1, 0.15) is 24.1 Å². The van der Waals surface area contributed by atoms with E-state index in [1.807, 2.05) is 24.3 Å². The fourth-order valence-electron chi connectivity index (χ4n) is 3.91. The highest BCUT2D eigenvalue weighted by Gasteiger charge is 2.35. The Morgan fingerprint density at radius 1 is 1.26 bits per heavy atom. The predicted octanol–water partition coefficient (Wildman–Crippen LogP) is 3.64. The minimum absolute atomic E-state index is 0.242. The normalized spacial score (nSPS) is 15.3. The molecule has 3 aromatic rings. The fraction of sp³-hybridized carbons (Fsp3) is 0.192. The molecular formula is C26H23ClN2O5S. The third kappa shape index (κ3) is 4.80. The van der Waals surface area contributed by atoms with Crippen molar-refractivity contribution in [1.82, 2.24) is 4.57 Å². The number of nitrogens with zero attached hydrogens (tertiary/aromatic N) is 2. The van der Waals surface area contributed by atoms with Gasteiger partial charge >= 0.3 is 5.97 Å². The van der Waals surface area contributed by atoms with E-state index < -0.39 is 12.0 Å². The van der Waals surface area contributed by atoms with Gasteiger partial charge in [-0.15, -0.1) is 0 Å². The largest absolute Gasteiger partial charge is 0.496 e. The van der Waals surface area contributed by atoms with Crippen LogP contribution < -0.4 is 24.4 Å². The molecule has 1 atom stereocenters. The summed E-state index contributed by atoms with van der Waals surface area (Å²) in [6.45, 7) is 5.75. The molecule has 0 spiro atoms. The van der Waals surface area contributed by atoms with Gasteiger partial charge in [0.25, 0.3) is 5.56 Å². The Bertz CT molecular complexity index is 1520. The zero-order valence-corrected chi connectivity index (χ0v) is 21.0. The van der Waals surface area contributed by atoms with Gasteiger partial charge in [-0.25, -0.2) is 9.79 Å². The Balaban J connectivity index is 1.95. The van der Waals surface area contributed by atoms with Crippen molar-refractivity contribution in [2.24, 2.45) is 4.99 Å². The highest BCUT2D eigenvalue weighted by Crippen LogP contribution is 2.37. The molecule has 2 heterocycles. The number of thiazole rings is 1. The summed E-state index contributed by atoms with van der Waals surface area (Å²) in [4.78, 5) is 31.5. The minimum Gasteiger partial charge on any atom is -0.496 e. The van der Waals surface area contributed by atoms with E-state index in [-0.39, 0.29) is 11.1 Å². The summed E-state index contributed by atoms with van der Waals surface area (Å²) in [5.41, 5.74) is 1.75. The molecule has 0 radical (unpaired) electrons. The van der Waals surface area contributed by atoms with E-state index in [1.54, 1.807) is 37.3 Å². The number of ether oxygens (including phenoxy) is 3. The van der Waals surface area contributed by atoms with Crippen LogP contribution in [0.5, 0.6) is 11.5 Å². The van der Waals surface area contributed by atoms with Gasteiger partial charge in [0, 0.05) is 10.6 Å². The summed E-state index contributed by atoms with van der Waals surface area (Å²) in [6.07, 6.45) is 3.43. The lowest BCUT2D eigenvalue weighted by molar-refractivity contribution is -0.136. The minimum atomic E-state index is -0.822. The quantitative estimate of drug-likeness (QED) is 0.358. The molecule has 1 aliphatic heterocycles. The first-order valence-corrected chi connectivity index (χ1v) is 11.9. The molecule has 1 aliphatic rings. The summed E-state index contributed by atoms with van der Waals surface area (Å²) in [5.74, 6) is 0.563. The third-order valence-electron chi connectivity index (χ3n) is 5.44. The van der Waals surface area contributed by atoms with Crippen LogP contribution in [0.25, 0.3) is 6.08 Å². The number of carbonyl (C=O) groups is 1. The number of hydrogen-bond acceptors (Lipinski definition) is 7. The third-order valence-corrected chi connectivity index (χ3v) is 6.66. The number of hydrogen-bond donors (Lipinski definition) is 0. The first-order chi connectivity index (χ1) is 16.9. The Hall–Kier alpha value is -3.62. The molecule has 0 unspecified atom stereocenters. The SMILES string of the molecule is C=CCOc1cccc(/C=c2\sc3n(c2=O)[C@@H](c2cc(Cl)ccc2OC)C(C(=O)OC)=C(C)N=3)c1. The van der Waals surface area contributed by atoms with Crippen LogP contribution >= 0.6 is 22.9 Å². The van der Waals surface area contributed by atoms with Crippen LogP contribution in [-0.4, -0.2) is 31.4 Å². The number of methoxy groups -OCH3 is 2. The van der Waals surface area contributed by atoms with Gasteiger partial charge in [-0.2, -0.15) is 0 Å². The van der Waals surface area contributed by atoms with Gasteiger partial charge in [-0.3, -0.25) is 9.36 Å². The van der Waals surface area contributed by atoms with Crippen molar-refractivity contribution in [3.05, 3.63) is 102 Å². The number of esters is 1. The van der Waals surface area contributed by atoms with Gasteiger partial charge in [-0.05, 0) is 48.9 Å². The lowest BCUT2D eigenvalue weighted by Gasteiger charge is -2.25. The molecule has 0 fully saturated rings. The van der Waals surface area contributed by atoms with Crippen molar-refractivity contribution in [3.8, 4) is 11.5 Å². The number of aromatic nitrogens is 1. The second-order valence-corrected chi connectivity index (χ2v) is 9.08. The Kier molecular flexibility index (Phi) is 7.23. The molecule has 4 rings (SSSR count). The van der Waals surface area contributed by atoms with Crippen LogP contribution in [0.3, 0.4) is 0 Å². The van der Waals surface area contributed by atoms with E-state index in [1.165, 1.54) is 30.1 Å². The second-order valence-electron chi connectivity index (χ2n) is 7.63. The average molecular weight is 511 g/mol. The summed E-state index contributed by atoms with van der Waals surface area (Å²) in [5, 5.41) is 0.443. The van der Waals surface area contributed by atoms with E-state index in [0.29, 0.717) is 43.7 Å². The molecular weight excluding hydrogens is 488 g/mol. The maximum Gasteiger partial charge on any atom is 0.338 e. The lowest BCUT2D eigenvalue weighted by Crippen LogP contribution is -2.40. The lowest BCUT2D eigenvalue weighted by atomic mass is 9.95. The molecule has 9 heteroatoms. The Morgan fingerprint density at radius 3 is 2.77 bits per heavy atom. The molecule has 0 amide bonds. The van der Waals surface area contributed by atoms with Crippen molar-refractivity contribution in [2.45, 2.75) is 13.0 Å². The number of allylic oxidation sites excluding steroid dienone is 1. The van der Waals surface area contributed by atoms with Crippen LogP contribution in [0, 0.1) is 0 Å². The maximum absolute atomic E-state index is 13.7. The van der Waals surface area contributed by atoms with Crippen molar-refractivity contribution in [1.29, 1.82) is 0 Å². The molecule has 0 saturated heterocycles. The molecule has 2 aromatic carbocycles. The van der Waals surface area contributed by atoms with Gasteiger partial charge in [0.15, 0.2) is 4.80 Å². The number of fused-ring (bicyclic) bond motifs is 1. The molecule has 1 aromatic heterocycles. The zero-order chi connectivity index (χ0) is 25.1. The van der Waals surface area contributed by atoms with E-state index in [2.05, 4.69) is 11.6 Å². The predicted molar refractivity (Wildman–Crippen MR) is 136 cm³/mol. The molecule has 7 nitrogen and oxygen atoms in total. The van der Waals surface area contributed by atoms with Crippen LogP contribution in [-0.2, 0) is 9.53 Å². The van der Waals surface area contributed by atoms with Crippen LogP contribution in [0.4, 0.5) is 0 Å². The van der Waals surface area contributed by atoms with Crippen molar-refractivity contribution >= 4 is 35.0 Å². The van der Waals surface area contributed by atoms with Gasteiger partial charge in [-0.1, -0.05) is 47.7 Å². The van der Waals surface area contributed by atoms with E-state index in [0.717, 1.165) is 5.56 Å². The molecule has 0 saturated carbocycles. The molecule has 35 heavy (non-hydrogen) atoms. The first-order valence-electron chi connectivity index (χ1n) is 10.7. The molecule has 0 N–H and O–H groups in total. The average Bonchev–Trinajstić information content (AvgIpc) is 3.15. The standard InChI is InChI=1S/C26H23ClN2O5S/c1-5-11-34-18-8-6-7-16(12-18)13-21-24(30)29-23(19-14-17(27)9-10-20(19)32-3)22(25(31)33-4)15(2)28-26(29)35-21/h5-10,12-14,23H,1,11H2,2-4H3/b21-13-/t23-/m0/s1. The van der Waals surface area contributed by atoms with Crippen LogP contribution in [0.15, 0.2) is 76.2 Å². The number of rotatable bonds is 7. The summed E-state index contributed by atoms with van der Waals surface area (Å²) >= 11 is 7.53. The highest BCUT2D eigenvalue weighted by atomic mass is 35.5. The Morgan fingerprint density at radius 2 is 2.06 bits per heavy atom. The van der Waals surface area contributed by atoms with E-state index >= 15 is 0 Å². The van der Waals surface area contributed by atoms with Crippen molar-refractivity contribution < 1.29 is 19.0 Å². The summed E-state index contributed by atoms with van der Waals surface area (Å²) in [6, 6.07) is 11.6. The first kappa shape index (κ1) is 24.5. The monoisotopic (exact) mass is 510 g/mol. The summed E-state index contributed by atoms with van der Waals surface area (Å²) < 4.78 is 18.1. The van der Waals surface area contributed by atoms with Crippen LogP contribution in [0.2, 0.25) is 5.02 Å². The van der Waals surface area contributed by atoms with Gasteiger partial charge in [0.2, 0.25) is 0 Å². The van der Waals surface area contributed by atoms with Gasteiger partial charge in [0.1, 0.15) is 24.1 Å². The Labute approximate surface area is 210 Å². The molecule has 0 aliphatic carbocycles. The van der Waals surface area contributed by atoms with Crippen molar-refractivity contribution in [2.75, 3.05) is 20.8 Å². The fourth-order valence-corrected chi connectivity index (χ4v) is 5.13. The van der Waals surface area contributed by atoms with Gasteiger partial charge < -0.3 is 14.2 Å². The second kappa shape index (κ2) is 10.3. The number of halogens is 1. The van der Waals surface area contributed by atoms with Crippen molar-refractivity contribution in [3.63, 3.8) is 0 Å². The van der Waals surface area contributed by atoms with E-state index in [9.17, 15) is 9.59 Å². The van der Waals surface area contributed by atoms with Gasteiger partial charge in [0.05, 0.1) is 30.0 Å². The number of carbonyl (C=O) groups excluding carboxylic acids is 1. The highest BCUT2D eigenvalue weighted by molar-refractivity contribution is 7.07. The van der Waals surface area contributed by atoms with E-state index in [4.69, 9.17) is 25.8 Å².